The molecule has 0 aromatic heterocycles. The van der Waals surface area contributed by atoms with Crippen molar-refractivity contribution in [2.24, 2.45) is 0 Å². The molecular weight excluding hydrogens is 306 g/mol. The number of benzene rings is 2. The van der Waals surface area contributed by atoms with Crippen LogP contribution in [-0.2, 0) is 11.3 Å². The van der Waals surface area contributed by atoms with Gasteiger partial charge in [-0.25, -0.2) is 0 Å². The number of methoxy groups -OCH3 is 2. The zero-order valence-corrected chi connectivity index (χ0v) is 14.5. The molecule has 128 valence electrons. The molecule has 2 aromatic carbocycles. The van der Waals surface area contributed by atoms with Crippen molar-refractivity contribution < 1.29 is 19.0 Å². The fourth-order valence-electron chi connectivity index (χ4n) is 2.38. The monoisotopic (exact) mass is 329 g/mol. The highest BCUT2D eigenvalue weighted by atomic mass is 16.5. The van der Waals surface area contributed by atoms with E-state index in [1.807, 2.05) is 42.5 Å². The molecule has 0 N–H and O–H groups in total. The Morgan fingerprint density at radius 3 is 2.38 bits per heavy atom. The molecule has 2 rings (SSSR count). The maximum atomic E-state index is 12.5. The van der Waals surface area contributed by atoms with Gasteiger partial charge >= 0.3 is 0 Å². The van der Waals surface area contributed by atoms with E-state index >= 15 is 0 Å². The second-order valence-electron chi connectivity index (χ2n) is 5.45. The van der Waals surface area contributed by atoms with Crippen molar-refractivity contribution in [3.05, 3.63) is 54.1 Å². The van der Waals surface area contributed by atoms with Gasteiger partial charge in [-0.3, -0.25) is 4.79 Å². The number of ether oxygens (including phenoxy) is 3. The minimum atomic E-state index is -0.568. The van der Waals surface area contributed by atoms with Crippen LogP contribution < -0.4 is 14.2 Å². The standard InChI is InChI=1S/C19H23NO4/c1-14(24-16-8-6-5-7-9-16)19(21)20(2)13-15-10-11-17(22-3)12-18(15)23-4/h5-12,14H,13H2,1-4H3. The molecule has 0 heterocycles. The summed E-state index contributed by atoms with van der Waals surface area (Å²) in [6, 6.07) is 14.9. The highest BCUT2D eigenvalue weighted by Crippen LogP contribution is 2.25. The van der Waals surface area contributed by atoms with Crippen molar-refractivity contribution in [3.8, 4) is 17.2 Å². The summed E-state index contributed by atoms with van der Waals surface area (Å²) in [5, 5.41) is 0. The van der Waals surface area contributed by atoms with Gasteiger partial charge in [0.05, 0.1) is 14.2 Å². The molecule has 0 aliphatic rings. The number of rotatable bonds is 7. The lowest BCUT2D eigenvalue weighted by Crippen LogP contribution is -2.37. The Kier molecular flexibility index (Phi) is 6.07. The van der Waals surface area contributed by atoms with Crippen LogP contribution in [0.1, 0.15) is 12.5 Å². The number of para-hydroxylation sites is 1. The predicted octanol–water partition coefficient (Wildman–Crippen LogP) is 3.13. The third-order valence-corrected chi connectivity index (χ3v) is 3.68. The minimum Gasteiger partial charge on any atom is -0.497 e. The van der Waals surface area contributed by atoms with E-state index in [9.17, 15) is 4.79 Å². The Hall–Kier alpha value is -2.69. The Bertz CT molecular complexity index is 672. The summed E-state index contributed by atoms with van der Waals surface area (Å²) in [5.74, 6) is 1.97. The lowest BCUT2D eigenvalue weighted by Gasteiger charge is -2.23. The topological polar surface area (TPSA) is 48.0 Å². The molecule has 0 aliphatic carbocycles. The van der Waals surface area contributed by atoms with Gasteiger partial charge in [-0.15, -0.1) is 0 Å². The first-order chi connectivity index (χ1) is 11.5. The lowest BCUT2D eigenvalue weighted by molar-refractivity contribution is -0.137. The smallest absolute Gasteiger partial charge is 0.263 e. The molecule has 0 bridgehead atoms. The highest BCUT2D eigenvalue weighted by Gasteiger charge is 2.20. The van der Waals surface area contributed by atoms with E-state index in [4.69, 9.17) is 14.2 Å². The third-order valence-electron chi connectivity index (χ3n) is 3.68. The maximum absolute atomic E-state index is 12.5. The van der Waals surface area contributed by atoms with E-state index in [2.05, 4.69) is 0 Å². The van der Waals surface area contributed by atoms with E-state index in [0.717, 1.165) is 5.56 Å². The molecule has 0 aliphatic heterocycles. The molecule has 24 heavy (non-hydrogen) atoms. The van der Waals surface area contributed by atoms with Crippen molar-refractivity contribution in [1.29, 1.82) is 0 Å². The van der Waals surface area contributed by atoms with Gasteiger partial charge in [0, 0.05) is 25.2 Å². The molecule has 5 nitrogen and oxygen atoms in total. The molecule has 0 fully saturated rings. The van der Waals surface area contributed by atoms with Crippen LogP contribution in [-0.4, -0.2) is 38.2 Å². The maximum Gasteiger partial charge on any atom is 0.263 e. The molecule has 2 aromatic rings. The van der Waals surface area contributed by atoms with Crippen molar-refractivity contribution in [2.75, 3.05) is 21.3 Å². The molecule has 1 atom stereocenters. The van der Waals surface area contributed by atoms with Crippen molar-refractivity contribution in [1.82, 2.24) is 4.90 Å². The highest BCUT2D eigenvalue weighted by molar-refractivity contribution is 5.80. The van der Waals surface area contributed by atoms with Crippen molar-refractivity contribution in [2.45, 2.75) is 19.6 Å². The summed E-state index contributed by atoms with van der Waals surface area (Å²) in [7, 11) is 4.95. The van der Waals surface area contributed by atoms with Crippen LogP contribution in [0.2, 0.25) is 0 Å². The van der Waals surface area contributed by atoms with Crippen LogP contribution in [0.3, 0.4) is 0 Å². The Labute approximate surface area is 142 Å². The lowest BCUT2D eigenvalue weighted by atomic mass is 10.1. The van der Waals surface area contributed by atoms with E-state index in [1.165, 1.54) is 0 Å². The van der Waals surface area contributed by atoms with Crippen LogP contribution in [0.4, 0.5) is 0 Å². The number of nitrogens with zero attached hydrogens (tertiary/aromatic N) is 1. The quantitative estimate of drug-likeness (QED) is 0.783. The van der Waals surface area contributed by atoms with Gasteiger partial charge in [-0.05, 0) is 31.2 Å². The van der Waals surface area contributed by atoms with Crippen molar-refractivity contribution >= 4 is 5.91 Å². The van der Waals surface area contributed by atoms with Crippen molar-refractivity contribution in [3.63, 3.8) is 0 Å². The molecule has 1 amide bonds. The third kappa shape index (κ3) is 4.41. The summed E-state index contributed by atoms with van der Waals surface area (Å²) in [5.41, 5.74) is 0.904. The first kappa shape index (κ1) is 17.7. The van der Waals surface area contributed by atoms with Gasteiger partial charge in [-0.2, -0.15) is 0 Å². The fraction of sp³-hybridized carbons (Fsp3) is 0.316. The normalized spacial score (nSPS) is 11.5. The summed E-state index contributed by atoms with van der Waals surface area (Å²) in [6.45, 7) is 2.17. The molecule has 0 saturated heterocycles. The zero-order chi connectivity index (χ0) is 17.5. The zero-order valence-electron chi connectivity index (χ0n) is 14.5. The second-order valence-corrected chi connectivity index (χ2v) is 5.45. The van der Waals surface area contributed by atoms with Crippen LogP contribution in [0.5, 0.6) is 17.2 Å². The molecule has 0 saturated carbocycles. The average Bonchev–Trinajstić information content (AvgIpc) is 2.62. The Morgan fingerprint density at radius 2 is 1.75 bits per heavy atom. The number of carbonyl (C=O) groups is 1. The van der Waals surface area contributed by atoms with Crippen LogP contribution in [0.15, 0.2) is 48.5 Å². The summed E-state index contributed by atoms with van der Waals surface area (Å²) in [4.78, 5) is 14.1. The molecule has 5 heteroatoms. The summed E-state index contributed by atoms with van der Waals surface area (Å²) < 4.78 is 16.2. The Balaban J connectivity index is 2.03. The van der Waals surface area contributed by atoms with Gasteiger partial charge in [-0.1, -0.05) is 18.2 Å². The van der Waals surface area contributed by atoms with Gasteiger partial charge in [0.2, 0.25) is 0 Å². The van der Waals surface area contributed by atoms with E-state index in [-0.39, 0.29) is 5.91 Å². The number of amides is 1. The first-order valence-corrected chi connectivity index (χ1v) is 7.72. The minimum absolute atomic E-state index is 0.100. The number of likely N-dealkylation sites (N-methyl/N-ethyl adjacent to an activating group) is 1. The largest absolute Gasteiger partial charge is 0.497 e. The van der Waals surface area contributed by atoms with E-state index in [0.29, 0.717) is 23.8 Å². The SMILES string of the molecule is COc1ccc(CN(C)C(=O)C(C)Oc2ccccc2)c(OC)c1. The van der Waals surface area contributed by atoms with Gasteiger partial charge < -0.3 is 19.1 Å². The van der Waals surface area contributed by atoms with E-state index < -0.39 is 6.10 Å². The van der Waals surface area contributed by atoms with Gasteiger partial charge in [0.15, 0.2) is 6.10 Å². The average molecular weight is 329 g/mol. The summed E-state index contributed by atoms with van der Waals surface area (Å²) in [6.07, 6.45) is -0.568. The number of hydrogen-bond donors (Lipinski definition) is 0. The Morgan fingerprint density at radius 1 is 1.04 bits per heavy atom. The van der Waals surface area contributed by atoms with Crippen LogP contribution in [0.25, 0.3) is 0 Å². The van der Waals surface area contributed by atoms with Crippen LogP contribution >= 0.6 is 0 Å². The number of carbonyl (C=O) groups excluding carboxylic acids is 1. The molecule has 0 radical (unpaired) electrons. The van der Waals surface area contributed by atoms with Gasteiger partial charge in [0.25, 0.3) is 5.91 Å². The summed E-state index contributed by atoms with van der Waals surface area (Å²) >= 11 is 0. The molecular formula is C19H23NO4. The number of hydrogen-bond acceptors (Lipinski definition) is 4. The molecule has 0 spiro atoms. The first-order valence-electron chi connectivity index (χ1n) is 7.72. The molecule has 1 unspecified atom stereocenters. The van der Waals surface area contributed by atoms with Gasteiger partial charge in [0.1, 0.15) is 17.2 Å². The van der Waals surface area contributed by atoms with Crippen LogP contribution in [0, 0.1) is 0 Å². The van der Waals surface area contributed by atoms with E-state index in [1.54, 1.807) is 39.2 Å². The predicted molar refractivity (Wildman–Crippen MR) is 92.6 cm³/mol. The second kappa shape index (κ2) is 8.24. The fourth-order valence-corrected chi connectivity index (χ4v) is 2.38.